The van der Waals surface area contributed by atoms with Crippen LogP contribution in [-0.2, 0) is 14.3 Å². The number of amides is 1. The molecule has 2 rings (SSSR count). The van der Waals surface area contributed by atoms with Crippen LogP contribution in [0.4, 0.5) is 0 Å². The third kappa shape index (κ3) is 2.44. The van der Waals surface area contributed by atoms with Crippen LogP contribution in [0.25, 0.3) is 0 Å². The highest BCUT2D eigenvalue weighted by molar-refractivity contribution is 5.83. The molecule has 1 aliphatic heterocycles. The van der Waals surface area contributed by atoms with Crippen molar-refractivity contribution in [3.8, 4) is 0 Å². The van der Waals surface area contributed by atoms with Crippen LogP contribution in [0.5, 0.6) is 0 Å². The van der Waals surface area contributed by atoms with Gasteiger partial charge < -0.3 is 15.2 Å². The summed E-state index contributed by atoms with van der Waals surface area (Å²) in [5.41, 5.74) is -0.0538. The van der Waals surface area contributed by atoms with Crippen LogP contribution < -0.4 is 5.32 Å². The maximum absolute atomic E-state index is 12.0. The molecule has 2 unspecified atom stereocenters. The SMILES string of the molecule is CCC1(NC(=O)C2CCC(C(=O)O)O2)CCC1. The fraction of sp³-hybridized carbons (Fsp3) is 0.833. The zero-order valence-corrected chi connectivity index (χ0v) is 10.1. The number of aliphatic carboxylic acids is 1. The number of nitrogens with one attached hydrogen (secondary N) is 1. The van der Waals surface area contributed by atoms with Crippen LogP contribution in [0.15, 0.2) is 0 Å². The average molecular weight is 241 g/mol. The Morgan fingerprint density at radius 2 is 2.00 bits per heavy atom. The summed E-state index contributed by atoms with van der Waals surface area (Å²) in [6.07, 6.45) is 3.64. The molecule has 2 aliphatic rings. The first-order chi connectivity index (χ1) is 8.06. The summed E-state index contributed by atoms with van der Waals surface area (Å²) in [6.45, 7) is 2.06. The summed E-state index contributed by atoms with van der Waals surface area (Å²) < 4.78 is 5.23. The standard InChI is InChI=1S/C12H19NO4/c1-2-12(6-3-7-12)13-10(14)8-4-5-9(17-8)11(15)16/h8-9H,2-7H2,1H3,(H,13,14)(H,15,16). The van der Waals surface area contributed by atoms with E-state index in [1.807, 2.05) is 0 Å². The summed E-state index contributed by atoms with van der Waals surface area (Å²) in [5, 5.41) is 11.8. The molecule has 2 fully saturated rings. The molecule has 0 radical (unpaired) electrons. The number of carbonyl (C=O) groups excluding carboxylic acids is 1. The first-order valence-electron chi connectivity index (χ1n) is 6.26. The van der Waals surface area contributed by atoms with E-state index in [-0.39, 0.29) is 11.4 Å². The highest BCUT2D eigenvalue weighted by Gasteiger charge is 2.41. The molecule has 1 amide bonds. The van der Waals surface area contributed by atoms with Crippen molar-refractivity contribution in [1.82, 2.24) is 5.32 Å². The van der Waals surface area contributed by atoms with E-state index in [1.54, 1.807) is 0 Å². The lowest BCUT2D eigenvalue weighted by Gasteiger charge is -2.42. The summed E-state index contributed by atoms with van der Waals surface area (Å²) in [7, 11) is 0. The lowest BCUT2D eigenvalue weighted by atomic mass is 9.74. The van der Waals surface area contributed by atoms with Crippen LogP contribution >= 0.6 is 0 Å². The van der Waals surface area contributed by atoms with E-state index in [2.05, 4.69) is 12.2 Å². The predicted octanol–water partition coefficient (Wildman–Crippen LogP) is 1.07. The van der Waals surface area contributed by atoms with Crippen molar-refractivity contribution in [3.05, 3.63) is 0 Å². The monoisotopic (exact) mass is 241 g/mol. The van der Waals surface area contributed by atoms with E-state index in [0.717, 1.165) is 25.7 Å². The topological polar surface area (TPSA) is 75.6 Å². The highest BCUT2D eigenvalue weighted by Crippen LogP contribution is 2.35. The molecule has 1 heterocycles. The molecule has 0 spiro atoms. The van der Waals surface area contributed by atoms with Gasteiger partial charge in [-0.25, -0.2) is 4.79 Å². The van der Waals surface area contributed by atoms with Gasteiger partial charge >= 0.3 is 5.97 Å². The molecule has 1 saturated carbocycles. The van der Waals surface area contributed by atoms with E-state index < -0.39 is 18.2 Å². The smallest absolute Gasteiger partial charge is 0.332 e. The average Bonchev–Trinajstić information content (AvgIpc) is 2.72. The molecule has 5 nitrogen and oxygen atoms in total. The van der Waals surface area contributed by atoms with Crippen molar-refractivity contribution in [2.45, 2.75) is 63.2 Å². The van der Waals surface area contributed by atoms with Gasteiger partial charge in [0.05, 0.1) is 0 Å². The van der Waals surface area contributed by atoms with Gasteiger partial charge in [-0.15, -0.1) is 0 Å². The molecular weight excluding hydrogens is 222 g/mol. The van der Waals surface area contributed by atoms with Gasteiger partial charge in [0.2, 0.25) is 5.91 Å². The summed E-state index contributed by atoms with van der Waals surface area (Å²) in [6, 6.07) is 0. The molecule has 1 aliphatic carbocycles. The molecule has 2 N–H and O–H groups in total. The number of rotatable bonds is 4. The Balaban J connectivity index is 1.87. The van der Waals surface area contributed by atoms with Crippen LogP contribution in [0.3, 0.4) is 0 Å². The third-order valence-corrected chi connectivity index (χ3v) is 3.96. The van der Waals surface area contributed by atoms with E-state index in [0.29, 0.717) is 12.8 Å². The minimum Gasteiger partial charge on any atom is -0.479 e. The van der Waals surface area contributed by atoms with Gasteiger partial charge in [0, 0.05) is 5.54 Å². The molecule has 96 valence electrons. The fourth-order valence-corrected chi connectivity index (χ4v) is 2.52. The molecule has 17 heavy (non-hydrogen) atoms. The van der Waals surface area contributed by atoms with E-state index in [1.165, 1.54) is 0 Å². The molecule has 0 aromatic carbocycles. The van der Waals surface area contributed by atoms with Crippen molar-refractivity contribution >= 4 is 11.9 Å². The summed E-state index contributed by atoms with van der Waals surface area (Å²) in [4.78, 5) is 22.7. The molecule has 2 atom stereocenters. The molecular formula is C12H19NO4. The largest absolute Gasteiger partial charge is 0.479 e. The van der Waals surface area contributed by atoms with Crippen LogP contribution in [-0.4, -0.2) is 34.7 Å². The Bertz CT molecular complexity index is 319. The Kier molecular flexibility index (Phi) is 3.38. The van der Waals surface area contributed by atoms with Gasteiger partial charge in [-0.05, 0) is 38.5 Å². The number of hydrogen-bond acceptors (Lipinski definition) is 3. The second kappa shape index (κ2) is 4.64. The second-order valence-corrected chi connectivity index (χ2v) is 5.01. The van der Waals surface area contributed by atoms with Gasteiger partial charge in [-0.3, -0.25) is 4.79 Å². The first-order valence-corrected chi connectivity index (χ1v) is 6.26. The number of hydrogen-bond donors (Lipinski definition) is 2. The Labute approximate surface area is 101 Å². The molecule has 1 saturated heterocycles. The molecule has 0 aromatic rings. The quantitative estimate of drug-likeness (QED) is 0.772. The Morgan fingerprint density at radius 3 is 2.41 bits per heavy atom. The van der Waals surface area contributed by atoms with Gasteiger partial charge in [0.15, 0.2) is 6.10 Å². The van der Waals surface area contributed by atoms with Crippen molar-refractivity contribution in [2.24, 2.45) is 0 Å². The first kappa shape index (κ1) is 12.4. The van der Waals surface area contributed by atoms with E-state index in [9.17, 15) is 9.59 Å². The highest BCUT2D eigenvalue weighted by atomic mass is 16.5. The van der Waals surface area contributed by atoms with Crippen LogP contribution in [0.1, 0.15) is 45.4 Å². The zero-order chi connectivity index (χ0) is 12.5. The summed E-state index contributed by atoms with van der Waals surface area (Å²) in [5.74, 6) is -1.12. The maximum Gasteiger partial charge on any atom is 0.332 e. The van der Waals surface area contributed by atoms with Gasteiger partial charge in [-0.2, -0.15) is 0 Å². The van der Waals surface area contributed by atoms with Crippen molar-refractivity contribution in [1.29, 1.82) is 0 Å². The Morgan fingerprint density at radius 1 is 1.35 bits per heavy atom. The number of carboxylic acids is 1. The molecule has 0 bridgehead atoms. The minimum absolute atomic E-state index is 0.0538. The van der Waals surface area contributed by atoms with E-state index >= 15 is 0 Å². The Hall–Kier alpha value is -1.10. The van der Waals surface area contributed by atoms with Crippen molar-refractivity contribution in [2.75, 3.05) is 0 Å². The maximum atomic E-state index is 12.0. The van der Waals surface area contributed by atoms with Crippen molar-refractivity contribution < 1.29 is 19.4 Å². The van der Waals surface area contributed by atoms with Gasteiger partial charge in [0.1, 0.15) is 6.10 Å². The molecule has 5 heteroatoms. The van der Waals surface area contributed by atoms with Gasteiger partial charge in [0.25, 0.3) is 0 Å². The zero-order valence-electron chi connectivity index (χ0n) is 10.1. The second-order valence-electron chi connectivity index (χ2n) is 5.01. The van der Waals surface area contributed by atoms with Crippen molar-refractivity contribution in [3.63, 3.8) is 0 Å². The van der Waals surface area contributed by atoms with E-state index in [4.69, 9.17) is 9.84 Å². The van der Waals surface area contributed by atoms with Gasteiger partial charge in [-0.1, -0.05) is 6.92 Å². The normalized spacial score (nSPS) is 30.6. The molecule has 0 aromatic heterocycles. The number of ether oxygens (including phenoxy) is 1. The fourth-order valence-electron chi connectivity index (χ4n) is 2.52. The third-order valence-electron chi connectivity index (χ3n) is 3.96. The predicted molar refractivity (Wildman–Crippen MR) is 60.5 cm³/mol. The van der Waals surface area contributed by atoms with Crippen LogP contribution in [0, 0.1) is 0 Å². The number of carbonyl (C=O) groups is 2. The summed E-state index contributed by atoms with van der Waals surface area (Å²) >= 11 is 0. The number of carboxylic acid groups (broad SMARTS) is 1. The lowest BCUT2D eigenvalue weighted by molar-refractivity contribution is -0.152. The lowest BCUT2D eigenvalue weighted by Crippen LogP contribution is -2.55. The van der Waals surface area contributed by atoms with Crippen LogP contribution in [0.2, 0.25) is 0 Å². The minimum atomic E-state index is -0.978.